The number of pyridine rings is 1. The van der Waals surface area contributed by atoms with Crippen molar-refractivity contribution in [2.75, 3.05) is 11.9 Å². The van der Waals surface area contributed by atoms with Gasteiger partial charge < -0.3 is 10.0 Å². The Balaban J connectivity index is 2.95. The molecule has 0 saturated carbocycles. The standard InChI is InChI=1S/C12H20N2O/c1-5-12(2,3)14(4)11-8-10(9-15)6-7-13-11/h6-8,15H,5,9H2,1-4H3. The first-order chi connectivity index (χ1) is 7.01. The van der Waals surface area contributed by atoms with E-state index in [0.717, 1.165) is 17.8 Å². The first-order valence-corrected chi connectivity index (χ1v) is 5.31. The fourth-order valence-electron chi connectivity index (χ4n) is 1.29. The molecule has 0 bridgehead atoms. The fraction of sp³-hybridized carbons (Fsp3) is 0.583. The van der Waals surface area contributed by atoms with Gasteiger partial charge in [0, 0.05) is 18.8 Å². The average molecular weight is 208 g/mol. The molecule has 84 valence electrons. The lowest BCUT2D eigenvalue weighted by atomic mass is 10.00. The van der Waals surface area contributed by atoms with Crippen molar-refractivity contribution < 1.29 is 5.11 Å². The van der Waals surface area contributed by atoms with Crippen molar-refractivity contribution in [1.82, 2.24) is 4.98 Å². The highest BCUT2D eigenvalue weighted by Crippen LogP contribution is 2.23. The summed E-state index contributed by atoms with van der Waals surface area (Å²) < 4.78 is 0. The molecule has 0 saturated heterocycles. The summed E-state index contributed by atoms with van der Waals surface area (Å²) in [6.07, 6.45) is 2.79. The van der Waals surface area contributed by atoms with Crippen LogP contribution in [0.2, 0.25) is 0 Å². The van der Waals surface area contributed by atoms with Gasteiger partial charge in [-0.15, -0.1) is 0 Å². The van der Waals surface area contributed by atoms with E-state index in [1.165, 1.54) is 0 Å². The Morgan fingerprint density at radius 1 is 1.47 bits per heavy atom. The summed E-state index contributed by atoms with van der Waals surface area (Å²) in [5.41, 5.74) is 0.986. The molecule has 1 rings (SSSR count). The van der Waals surface area contributed by atoms with Crippen LogP contribution < -0.4 is 4.90 Å². The summed E-state index contributed by atoms with van der Waals surface area (Å²) >= 11 is 0. The largest absolute Gasteiger partial charge is 0.392 e. The molecule has 15 heavy (non-hydrogen) atoms. The quantitative estimate of drug-likeness (QED) is 0.824. The van der Waals surface area contributed by atoms with E-state index in [1.807, 2.05) is 19.2 Å². The summed E-state index contributed by atoms with van der Waals surface area (Å²) in [6.45, 7) is 6.59. The van der Waals surface area contributed by atoms with Gasteiger partial charge in [0.25, 0.3) is 0 Å². The summed E-state index contributed by atoms with van der Waals surface area (Å²) in [6, 6.07) is 3.76. The summed E-state index contributed by atoms with van der Waals surface area (Å²) in [5, 5.41) is 9.06. The lowest BCUT2D eigenvalue weighted by molar-refractivity contribution is 0.281. The van der Waals surface area contributed by atoms with Gasteiger partial charge >= 0.3 is 0 Å². The minimum absolute atomic E-state index is 0.0654. The van der Waals surface area contributed by atoms with Gasteiger partial charge in [-0.25, -0.2) is 4.98 Å². The first kappa shape index (κ1) is 12.0. The molecule has 0 radical (unpaired) electrons. The highest BCUT2D eigenvalue weighted by Gasteiger charge is 2.22. The average Bonchev–Trinajstić information content (AvgIpc) is 2.28. The number of hydrogen-bond acceptors (Lipinski definition) is 3. The van der Waals surface area contributed by atoms with Gasteiger partial charge in [0.2, 0.25) is 0 Å². The second kappa shape index (κ2) is 4.62. The summed E-state index contributed by atoms with van der Waals surface area (Å²) in [7, 11) is 2.03. The smallest absolute Gasteiger partial charge is 0.129 e. The van der Waals surface area contributed by atoms with Crippen LogP contribution in [0.4, 0.5) is 5.82 Å². The Hall–Kier alpha value is -1.09. The van der Waals surface area contributed by atoms with Crippen LogP contribution in [-0.4, -0.2) is 22.7 Å². The molecule has 0 aliphatic heterocycles. The Bertz CT molecular complexity index is 323. The minimum atomic E-state index is 0.0654. The number of aromatic nitrogens is 1. The summed E-state index contributed by atoms with van der Waals surface area (Å²) in [5.74, 6) is 0.911. The van der Waals surface area contributed by atoms with Crippen LogP contribution in [0.5, 0.6) is 0 Å². The molecule has 0 aliphatic rings. The molecular formula is C12H20N2O. The highest BCUT2D eigenvalue weighted by molar-refractivity contribution is 5.42. The molecule has 0 unspecified atom stereocenters. The molecule has 1 heterocycles. The maximum atomic E-state index is 9.06. The van der Waals surface area contributed by atoms with Gasteiger partial charge in [0.05, 0.1) is 6.61 Å². The van der Waals surface area contributed by atoms with Crippen LogP contribution in [0.3, 0.4) is 0 Å². The van der Waals surface area contributed by atoms with E-state index in [9.17, 15) is 0 Å². The molecule has 1 aromatic heterocycles. The number of aliphatic hydroxyl groups is 1. The maximum Gasteiger partial charge on any atom is 0.129 e. The first-order valence-electron chi connectivity index (χ1n) is 5.31. The third kappa shape index (κ3) is 2.69. The van der Waals surface area contributed by atoms with Gasteiger partial charge in [-0.05, 0) is 38.0 Å². The molecule has 0 aromatic carbocycles. The van der Waals surface area contributed by atoms with Gasteiger partial charge in [0.15, 0.2) is 0 Å². The maximum absolute atomic E-state index is 9.06. The molecule has 0 amide bonds. The van der Waals surface area contributed by atoms with Crippen molar-refractivity contribution in [2.45, 2.75) is 39.3 Å². The van der Waals surface area contributed by atoms with E-state index < -0.39 is 0 Å². The zero-order chi connectivity index (χ0) is 11.5. The van der Waals surface area contributed by atoms with Crippen molar-refractivity contribution in [1.29, 1.82) is 0 Å². The van der Waals surface area contributed by atoms with Crippen LogP contribution in [0, 0.1) is 0 Å². The van der Waals surface area contributed by atoms with Gasteiger partial charge in [-0.1, -0.05) is 6.92 Å². The molecular weight excluding hydrogens is 188 g/mol. The Labute approximate surface area is 91.8 Å². The topological polar surface area (TPSA) is 36.4 Å². The SMILES string of the molecule is CCC(C)(C)N(C)c1cc(CO)ccn1. The van der Waals surface area contributed by atoms with E-state index in [4.69, 9.17) is 5.11 Å². The summed E-state index contributed by atoms with van der Waals surface area (Å²) in [4.78, 5) is 6.46. The van der Waals surface area contributed by atoms with E-state index in [-0.39, 0.29) is 12.1 Å². The monoisotopic (exact) mass is 208 g/mol. The van der Waals surface area contributed by atoms with Crippen molar-refractivity contribution in [3.8, 4) is 0 Å². The number of rotatable bonds is 4. The predicted octanol–water partition coefficient (Wildman–Crippen LogP) is 2.20. The second-order valence-electron chi connectivity index (χ2n) is 4.41. The molecule has 3 heteroatoms. The molecule has 0 spiro atoms. The van der Waals surface area contributed by atoms with E-state index in [0.29, 0.717) is 0 Å². The van der Waals surface area contributed by atoms with Gasteiger partial charge in [-0.2, -0.15) is 0 Å². The van der Waals surface area contributed by atoms with Crippen LogP contribution in [0.1, 0.15) is 32.8 Å². The van der Waals surface area contributed by atoms with Crippen molar-refractivity contribution in [2.24, 2.45) is 0 Å². The zero-order valence-electron chi connectivity index (χ0n) is 9.99. The zero-order valence-corrected chi connectivity index (χ0v) is 9.99. The third-order valence-electron chi connectivity index (χ3n) is 3.11. The second-order valence-corrected chi connectivity index (χ2v) is 4.41. The molecule has 0 fully saturated rings. The van der Waals surface area contributed by atoms with E-state index >= 15 is 0 Å². The molecule has 0 aliphatic carbocycles. The normalized spacial score (nSPS) is 11.5. The molecule has 1 N–H and O–H groups in total. The lowest BCUT2D eigenvalue weighted by Crippen LogP contribution is -2.41. The number of anilines is 1. The molecule has 1 aromatic rings. The molecule has 0 atom stereocenters. The van der Waals surface area contributed by atoms with Crippen LogP contribution in [-0.2, 0) is 6.61 Å². The lowest BCUT2D eigenvalue weighted by Gasteiger charge is -2.35. The van der Waals surface area contributed by atoms with Crippen molar-refractivity contribution in [3.63, 3.8) is 0 Å². The number of nitrogens with zero attached hydrogens (tertiary/aromatic N) is 2. The van der Waals surface area contributed by atoms with E-state index in [1.54, 1.807) is 6.20 Å². The molecule has 3 nitrogen and oxygen atoms in total. The Morgan fingerprint density at radius 2 is 2.13 bits per heavy atom. The predicted molar refractivity (Wildman–Crippen MR) is 62.9 cm³/mol. The van der Waals surface area contributed by atoms with Crippen molar-refractivity contribution >= 4 is 5.82 Å². The Kier molecular flexibility index (Phi) is 3.69. The van der Waals surface area contributed by atoms with E-state index in [2.05, 4.69) is 30.7 Å². The van der Waals surface area contributed by atoms with Crippen LogP contribution >= 0.6 is 0 Å². The number of aliphatic hydroxyl groups excluding tert-OH is 1. The number of hydrogen-bond donors (Lipinski definition) is 1. The van der Waals surface area contributed by atoms with Gasteiger partial charge in [0.1, 0.15) is 5.82 Å². The van der Waals surface area contributed by atoms with Gasteiger partial charge in [-0.3, -0.25) is 0 Å². The van der Waals surface area contributed by atoms with Crippen LogP contribution in [0.25, 0.3) is 0 Å². The minimum Gasteiger partial charge on any atom is -0.392 e. The third-order valence-corrected chi connectivity index (χ3v) is 3.11. The fourth-order valence-corrected chi connectivity index (χ4v) is 1.29. The van der Waals surface area contributed by atoms with Crippen molar-refractivity contribution in [3.05, 3.63) is 23.9 Å². The Morgan fingerprint density at radius 3 is 2.67 bits per heavy atom. The van der Waals surface area contributed by atoms with Crippen LogP contribution in [0.15, 0.2) is 18.3 Å². The highest BCUT2D eigenvalue weighted by atomic mass is 16.3.